The fourth-order valence-electron chi connectivity index (χ4n) is 3.98. The number of hydrogen-bond acceptors (Lipinski definition) is 5. The molecule has 0 radical (unpaired) electrons. The Bertz CT molecular complexity index is 1070. The van der Waals surface area contributed by atoms with E-state index in [4.69, 9.17) is 26.1 Å². The van der Waals surface area contributed by atoms with Crippen LogP contribution in [-0.4, -0.2) is 52.7 Å². The van der Waals surface area contributed by atoms with E-state index in [1.165, 1.54) is 0 Å². The summed E-state index contributed by atoms with van der Waals surface area (Å²) in [4.78, 5) is 18.4. The summed E-state index contributed by atoms with van der Waals surface area (Å²) < 4.78 is 12.8. The van der Waals surface area contributed by atoms with Crippen molar-refractivity contribution in [2.75, 3.05) is 27.3 Å². The van der Waals surface area contributed by atoms with Crippen LogP contribution in [0.5, 0.6) is 11.5 Å². The van der Waals surface area contributed by atoms with Gasteiger partial charge in [-0.05, 0) is 56.3 Å². The average Bonchev–Trinajstić information content (AvgIpc) is 3.11. The first-order valence-electron chi connectivity index (χ1n) is 9.84. The lowest BCUT2D eigenvalue weighted by atomic mass is 9.97. The summed E-state index contributed by atoms with van der Waals surface area (Å²) in [6, 6.07) is 9.47. The van der Waals surface area contributed by atoms with Gasteiger partial charge in [-0.3, -0.25) is 9.69 Å². The molecule has 0 atom stereocenters. The molecule has 2 aromatic heterocycles. The average molecular weight is 430 g/mol. The van der Waals surface area contributed by atoms with Crippen molar-refractivity contribution in [3.63, 3.8) is 0 Å². The number of carbonyl (C=O) groups is 1. The van der Waals surface area contributed by atoms with Gasteiger partial charge in [-0.25, -0.2) is 4.98 Å². The SMILES string of the molecule is COc1ccc(-c2nc3ccc(Cl)cn3c2CN2CCC(C(=O)O)CC2)cc1OC. The molecule has 7 nitrogen and oxygen atoms in total. The van der Waals surface area contributed by atoms with Gasteiger partial charge >= 0.3 is 5.97 Å². The van der Waals surface area contributed by atoms with Crippen LogP contribution >= 0.6 is 11.6 Å². The van der Waals surface area contributed by atoms with Gasteiger partial charge in [0.05, 0.1) is 36.5 Å². The van der Waals surface area contributed by atoms with Gasteiger partial charge in [0.2, 0.25) is 0 Å². The summed E-state index contributed by atoms with van der Waals surface area (Å²) >= 11 is 6.27. The van der Waals surface area contributed by atoms with Crippen LogP contribution in [0.2, 0.25) is 5.02 Å². The number of piperidine rings is 1. The number of nitrogens with zero attached hydrogens (tertiary/aromatic N) is 3. The van der Waals surface area contributed by atoms with Crippen LogP contribution in [0, 0.1) is 5.92 Å². The Morgan fingerprint density at radius 3 is 2.57 bits per heavy atom. The lowest BCUT2D eigenvalue weighted by Gasteiger charge is -2.30. The molecule has 0 aliphatic carbocycles. The van der Waals surface area contributed by atoms with E-state index in [2.05, 4.69) is 4.90 Å². The number of hydrogen-bond donors (Lipinski definition) is 1. The number of aromatic nitrogens is 2. The fraction of sp³-hybridized carbons (Fsp3) is 0.364. The molecule has 4 rings (SSSR count). The van der Waals surface area contributed by atoms with E-state index >= 15 is 0 Å². The maximum Gasteiger partial charge on any atom is 0.306 e. The standard InChI is InChI=1S/C22H24ClN3O4/c1-29-18-5-3-15(11-19(18)30-2)21-17(26-12-16(23)4-6-20(26)24-21)13-25-9-7-14(8-10-25)22(27)28/h3-6,11-12,14H,7-10,13H2,1-2H3,(H,27,28). The highest BCUT2D eigenvalue weighted by Crippen LogP contribution is 2.34. The molecular weight excluding hydrogens is 406 g/mol. The molecule has 0 unspecified atom stereocenters. The molecule has 0 bridgehead atoms. The van der Waals surface area contributed by atoms with Crippen molar-refractivity contribution in [1.29, 1.82) is 0 Å². The van der Waals surface area contributed by atoms with Crippen LogP contribution in [-0.2, 0) is 11.3 Å². The lowest BCUT2D eigenvalue weighted by Crippen LogP contribution is -2.36. The van der Waals surface area contributed by atoms with Crippen LogP contribution < -0.4 is 9.47 Å². The molecule has 1 aliphatic rings. The molecule has 1 aliphatic heterocycles. The first-order valence-corrected chi connectivity index (χ1v) is 10.2. The number of carboxylic acid groups (broad SMARTS) is 1. The summed E-state index contributed by atoms with van der Waals surface area (Å²) in [5.74, 6) is 0.328. The first kappa shape index (κ1) is 20.5. The van der Waals surface area contributed by atoms with Gasteiger partial charge in [-0.15, -0.1) is 0 Å². The van der Waals surface area contributed by atoms with Crippen molar-refractivity contribution in [3.8, 4) is 22.8 Å². The van der Waals surface area contributed by atoms with E-state index in [1.807, 2.05) is 40.9 Å². The third kappa shape index (κ3) is 3.95. The second-order valence-corrected chi connectivity index (χ2v) is 7.88. The molecule has 158 valence electrons. The van der Waals surface area contributed by atoms with Crippen molar-refractivity contribution in [1.82, 2.24) is 14.3 Å². The van der Waals surface area contributed by atoms with E-state index < -0.39 is 5.97 Å². The first-order chi connectivity index (χ1) is 14.5. The summed E-state index contributed by atoms with van der Waals surface area (Å²) in [6.07, 6.45) is 3.17. The van der Waals surface area contributed by atoms with Crippen LogP contribution in [0.3, 0.4) is 0 Å². The fourth-order valence-corrected chi connectivity index (χ4v) is 4.14. The Morgan fingerprint density at radius 2 is 1.90 bits per heavy atom. The van der Waals surface area contributed by atoms with Crippen LogP contribution in [0.25, 0.3) is 16.9 Å². The Hall–Kier alpha value is -2.77. The zero-order valence-electron chi connectivity index (χ0n) is 17.0. The summed E-state index contributed by atoms with van der Waals surface area (Å²) in [6.45, 7) is 2.11. The zero-order valence-corrected chi connectivity index (χ0v) is 17.7. The molecular formula is C22H24ClN3O4. The van der Waals surface area contributed by atoms with E-state index in [9.17, 15) is 9.90 Å². The van der Waals surface area contributed by atoms with Crippen molar-refractivity contribution >= 4 is 23.2 Å². The van der Waals surface area contributed by atoms with Gasteiger partial charge in [0.15, 0.2) is 11.5 Å². The molecule has 0 saturated carbocycles. The normalized spacial score (nSPS) is 15.4. The van der Waals surface area contributed by atoms with Crippen molar-refractivity contribution < 1.29 is 19.4 Å². The number of imidazole rings is 1. The molecule has 3 heterocycles. The monoisotopic (exact) mass is 429 g/mol. The number of carboxylic acids is 1. The Morgan fingerprint density at radius 1 is 1.17 bits per heavy atom. The summed E-state index contributed by atoms with van der Waals surface area (Å²) in [5, 5.41) is 9.90. The number of methoxy groups -OCH3 is 2. The van der Waals surface area contributed by atoms with Crippen molar-refractivity contribution in [2.24, 2.45) is 5.92 Å². The van der Waals surface area contributed by atoms with Gasteiger partial charge in [0, 0.05) is 18.3 Å². The van der Waals surface area contributed by atoms with E-state index in [1.54, 1.807) is 14.2 Å². The highest BCUT2D eigenvalue weighted by molar-refractivity contribution is 6.30. The smallest absolute Gasteiger partial charge is 0.306 e. The molecule has 1 N–H and O–H groups in total. The Balaban J connectivity index is 1.73. The lowest BCUT2D eigenvalue weighted by molar-refractivity contribution is -0.143. The topological polar surface area (TPSA) is 76.3 Å². The number of pyridine rings is 1. The van der Waals surface area contributed by atoms with Gasteiger partial charge in [0.25, 0.3) is 0 Å². The number of ether oxygens (including phenoxy) is 2. The van der Waals surface area contributed by atoms with E-state index in [0.717, 1.165) is 35.7 Å². The van der Waals surface area contributed by atoms with E-state index in [-0.39, 0.29) is 5.92 Å². The number of likely N-dealkylation sites (tertiary alicyclic amines) is 1. The molecule has 1 aromatic carbocycles. The van der Waals surface area contributed by atoms with E-state index in [0.29, 0.717) is 35.9 Å². The second kappa shape index (κ2) is 8.53. The third-order valence-electron chi connectivity index (χ3n) is 5.65. The predicted molar refractivity (Wildman–Crippen MR) is 114 cm³/mol. The van der Waals surface area contributed by atoms with Crippen molar-refractivity contribution in [2.45, 2.75) is 19.4 Å². The van der Waals surface area contributed by atoms with Gasteiger partial charge < -0.3 is 19.0 Å². The number of halogens is 1. The minimum atomic E-state index is -0.706. The summed E-state index contributed by atoms with van der Waals surface area (Å²) in [7, 11) is 3.22. The molecule has 1 fully saturated rings. The number of fused-ring (bicyclic) bond motifs is 1. The van der Waals surface area contributed by atoms with Crippen LogP contribution in [0.1, 0.15) is 18.5 Å². The molecule has 8 heteroatoms. The zero-order chi connectivity index (χ0) is 21.3. The van der Waals surface area contributed by atoms with Gasteiger partial charge in [0.1, 0.15) is 5.65 Å². The maximum absolute atomic E-state index is 11.3. The number of rotatable bonds is 6. The molecule has 3 aromatic rings. The minimum absolute atomic E-state index is 0.261. The molecule has 30 heavy (non-hydrogen) atoms. The molecule has 1 saturated heterocycles. The van der Waals surface area contributed by atoms with Crippen LogP contribution in [0.4, 0.5) is 0 Å². The maximum atomic E-state index is 11.3. The Labute approximate surface area is 179 Å². The molecule has 0 amide bonds. The highest BCUT2D eigenvalue weighted by atomic mass is 35.5. The quantitative estimate of drug-likeness (QED) is 0.639. The van der Waals surface area contributed by atoms with Gasteiger partial charge in [-0.2, -0.15) is 0 Å². The molecule has 0 spiro atoms. The number of benzene rings is 1. The summed E-state index contributed by atoms with van der Waals surface area (Å²) in [5.41, 5.74) is 3.58. The largest absolute Gasteiger partial charge is 0.493 e. The predicted octanol–water partition coefficient (Wildman–Crippen LogP) is 3.97. The minimum Gasteiger partial charge on any atom is -0.493 e. The van der Waals surface area contributed by atoms with Crippen LogP contribution in [0.15, 0.2) is 36.5 Å². The highest BCUT2D eigenvalue weighted by Gasteiger charge is 2.26. The number of aliphatic carboxylic acids is 1. The van der Waals surface area contributed by atoms with Gasteiger partial charge in [-0.1, -0.05) is 11.6 Å². The second-order valence-electron chi connectivity index (χ2n) is 7.44. The van der Waals surface area contributed by atoms with Crippen molar-refractivity contribution in [3.05, 3.63) is 47.2 Å². The Kier molecular flexibility index (Phi) is 5.83. The third-order valence-corrected chi connectivity index (χ3v) is 5.87.